The second-order valence-electron chi connectivity index (χ2n) is 19.7. The summed E-state index contributed by atoms with van der Waals surface area (Å²) in [6, 6.07) is 97.6. The largest absolute Gasteiger partial charge is 0.453 e. The summed E-state index contributed by atoms with van der Waals surface area (Å²) in [5.74, 6) is 4.81. The van der Waals surface area contributed by atoms with E-state index in [0.29, 0.717) is 0 Å². The molecule has 0 aliphatic carbocycles. The second-order valence-corrected chi connectivity index (χ2v) is 19.7. The zero-order valence-corrected chi connectivity index (χ0v) is 42.6. The number of benzene rings is 10. The van der Waals surface area contributed by atoms with Crippen molar-refractivity contribution in [2.45, 2.75) is 5.41 Å². The first-order valence-corrected chi connectivity index (χ1v) is 26.4. The van der Waals surface area contributed by atoms with Gasteiger partial charge in [-0.1, -0.05) is 146 Å². The Morgan fingerprint density at radius 3 is 0.873 bits per heavy atom. The van der Waals surface area contributed by atoms with Crippen LogP contribution < -0.4 is 28.9 Å². The predicted octanol–water partition coefficient (Wildman–Crippen LogP) is 18.9. The van der Waals surface area contributed by atoms with E-state index >= 15 is 0 Å². The van der Waals surface area contributed by atoms with Crippen LogP contribution >= 0.6 is 0 Å². The summed E-state index contributed by atoms with van der Waals surface area (Å²) in [7, 11) is 0. The van der Waals surface area contributed by atoms with Gasteiger partial charge in [0.05, 0.1) is 56.6 Å². The number of anilines is 9. The van der Waals surface area contributed by atoms with Crippen molar-refractivity contribution in [3.63, 3.8) is 0 Å². The number of aromatic nitrogens is 2. The van der Waals surface area contributed by atoms with Crippen molar-refractivity contribution in [3.8, 4) is 57.1 Å². The first kappa shape index (κ1) is 45.7. The van der Waals surface area contributed by atoms with E-state index in [2.05, 4.69) is 202 Å². The van der Waals surface area contributed by atoms with Crippen LogP contribution in [0.15, 0.2) is 285 Å². The number of fused-ring (bicyclic) bond motifs is 6. The molecule has 79 heavy (non-hydrogen) atoms. The fourth-order valence-electron chi connectivity index (χ4n) is 11.7. The van der Waals surface area contributed by atoms with Crippen LogP contribution in [0.25, 0.3) is 22.6 Å². The standard InChI is InChI=1S/C71H47N5O3/c1-7-25-65-59(19-1)74(60-20-2-8-26-66(60)77-65)53-41-35-50(36-42-53)71(49-33-31-48(32-34-49)56-17-15-18-58(73-56)57-16-13-14-47-72-57,51-37-43-54(44-38-51)75-61-21-3-9-27-67(61)78-68-28-10-4-22-62(68)75)52-39-45-55(46-40-52)76-63-23-5-11-29-69(63)79-70-30-12-6-24-64(70)76/h1-47H. The minimum atomic E-state index is -0.875. The molecule has 0 radical (unpaired) electrons. The van der Waals surface area contributed by atoms with Crippen molar-refractivity contribution in [3.05, 3.63) is 308 Å². The first-order chi connectivity index (χ1) is 39.2. The highest BCUT2D eigenvalue weighted by Crippen LogP contribution is 2.55. The quantitative estimate of drug-likeness (QED) is 0.133. The van der Waals surface area contributed by atoms with Crippen LogP contribution in [0.2, 0.25) is 0 Å². The Balaban J connectivity index is 0.936. The SMILES string of the molecule is c1ccc(-c2cccc(-c3ccc(C(c4ccc(N5c6ccccc6Oc6ccccc65)cc4)(c4ccc(N5c6ccccc6Oc6ccccc65)cc4)c4ccc(N5c6ccccc6Oc6ccccc65)cc4)cc3)n2)nc1. The van der Waals surface area contributed by atoms with Gasteiger partial charge in [-0.2, -0.15) is 0 Å². The van der Waals surface area contributed by atoms with Gasteiger partial charge in [0.15, 0.2) is 34.5 Å². The fourth-order valence-corrected chi connectivity index (χ4v) is 11.7. The molecule has 0 N–H and O–H groups in total. The summed E-state index contributed by atoms with van der Waals surface area (Å²) in [5.41, 5.74) is 15.8. The van der Waals surface area contributed by atoms with E-state index in [4.69, 9.17) is 19.2 Å². The van der Waals surface area contributed by atoms with Crippen molar-refractivity contribution in [1.82, 2.24) is 9.97 Å². The average molecular weight is 1020 g/mol. The van der Waals surface area contributed by atoms with Gasteiger partial charge >= 0.3 is 0 Å². The molecule has 12 aromatic rings. The van der Waals surface area contributed by atoms with Crippen molar-refractivity contribution in [2.24, 2.45) is 0 Å². The normalized spacial score (nSPS) is 12.8. The van der Waals surface area contributed by atoms with Crippen LogP contribution in [-0.4, -0.2) is 9.97 Å². The van der Waals surface area contributed by atoms with Crippen LogP contribution in [0.5, 0.6) is 34.5 Å². The van der Waals surface area contributed by atoms with Gasteiger partial charge < -0.3 is 28.9 Å². The highest BCUT2D eigenvalue weighted by Gasteiger charge is 2.40. The van der Waals surface area contributed by atoms with Gasteiger partial charge in [-0.25, -0.2) is 4.98 Å². The Hall–Kier alpha value is -10.7. The molecule has 0 amide bonds. The van der Waals surface area contributed by atoms with Crippen LogP contribution in [0.4, 0.5) is 51.2 Å². The molecular weight excluding hydrogens is 971 g/mol. The molecule has 0 unspecified atom stereocenters. The number of pyridine rings is 2. The lowest BCUT2D eigenvalue weighted by Crippen LogP contribution is -2.31. The molecule has 3 aliphatic heterocycles. The Bertz CT molecular complexity index is 3770. The lowest BCUT2D eigenvalue weighted by Gasteiger charge is -2.39. The van der Waals surface area contributed by atoms with E-state index < -0.39 is 5.41 Å². The van der Waals surface area contributed by atoms with Crippen LogP contribution in [0.3, 0.4) is 0 Å². The number of hydrogen-bond acceptors (Lipinski definition) is 8. The monoisotopic (exact) mass is 1020 g/mol. The fraction of sp³-hybridized carbons (Fsp3) is 0.0141. The van der Waals surface area contributed by atoms with Crippen molar-refractivity contribution in [2.75, 3.05) is 14.7 Å². The minimum Gasteiger partial charge on any atom is -0.453 e. The maximum Gasteiger partial charge on any atom is 0.151 e. The number of para-hydroxylation sites is 12. The predicted molar refractivity (Wildman–Crippen MR) is 315 cm³/mol. The molecular formula is C71H47N5O3. The zero-order chi connectivity index (χ0) is 52.3. The van der Waals surface area contributed by atoms with E-state index in [1.807, 2.05) is 97.1 Å². The van der Waals surface area contributed by atoms with E-state index in [0.717, 1.165) is 131 Å². The molecule has 8 heteroatoms. The van der Waals surface area contributed by atoms with Crippen LogP contribution in [0, 0.1) is 0 Å². The first-order valence-electron chi connectivity index (χ1n) is 26.4. The highest BCUT2D eigenvalue weighted by atomic mass is 16.5. The van der Waals surface area contributed by atoms with Crippen LogP contribution in [-0.2, 0) is 5.41 Å². The maximum atomic E-state index is 6.47. The van der Waals surface area contributed by atoms with Gasteiger partial charge in [0.25, 0.3) is 0 Å². The number of ether oxygens (including phenoxy) is 3. The summed E-state index contributed by atoms with van der Waals surface area (Å²) in [6.07, 6.45) is 1.81. The average Bonchev–Trinajstić information content (AvgIpc) is 3.53. The van der Waals surface area contributed by atoms with Gasteiger partial charge in [0.1, 0.15) is 0 Å². The Morgan fingerprint density at radius 1 is 0.253 bits per heavy atom. The summed E-state index contributed by atoms with van der Waals surface area (Å²) < 4.78 is 19.4. The second kappa shape index (κ2) is 18.8. The molecule has 2 aromatic heterocycles. The Labute approximate surface area is 457 Å². The van der Waals surface area contributed by atoms with Crippen LogP contribution in [0.1, 0.15) is 22.3 Å². The summed E-state index contributed by atoms with van der Waals surface area (Å²) >= 11 is 0. The molecule has 0 saturated carbocycles. The molecule has 0 saturated heterocycles. The third-order valence-corrected chi connectivity index (χ3v) is 15.3. The number of hydrogen-bond donors (Lipinski definition) is 0. The molecule has 374 valence electrons. The lowest BCUT2D eigenvalue weighted by molar-refractivity contribution is 0.477. The van der Waals surface area contributed by atoms with Gasteiger partial charge in [0.2, 0.25) is 0 Å². The Morgan fingerprint density at radius 2 is 0.544 bits per heavy atom. The molecule has 0 bridgehead atoms. The lowest BCUT2D eigenvalue weighted by atomic mass is 9.65. The molecule has 5 heterocycles. The summed E-state index contributed by atoms with van der Waals surface area (Å²) in [6.45, 7) is 0. The van der Waals surface area contributed by atoms with Gasteiger partial charge in [0, 0.05) is 28.8 Å². The topological polar surface area (TPSA) is 63.2 Å². The molecule has 15 rings (SSSR count). The molecule has 10 aromatic carbocycles. The van der Waals surface area contributed by atoms with E-state index in [-0.39, 0.29) is 0 Å². The van der Waals surface area contributed by atoms with E-state index in [1.165, 1.54) is 0 Å². The van der Waals surface area contributed by atoms with Gasteiger partial charge in [-0.3, -0.25) is 4.98 Å². The van der Waals surface area contributed by atoms with Crippen molar-refractivity contribution >= 4 is 51.2 Å². The van der Waals surface area contributed by atoms with Gasteiger partial charge in [-0.15, -0.1) is 0 Å². The molecule has 0 atom stereocenters. The highest BCUT2D eigenvalue weighted by molar-refractivity contribution is 5.89. The molecule has 0 spiro atoms. The van der Waals surface area contributed by atoms with Crippen molar-refractivity contribution in [1.29, 1.82) is 0 Å². The molecule has 8 nitrogen and oxygen atoms in total. The number of nitrogens with zero attached hydrogens (tertiary/aromatic N) is 5. The molecule has 0 fully saturated rings. The van der Waals surface area contributed by atoms with Crippen molar-refractivity contribution < 1.29 is 14.2 Å². The third kappa shape index (κ3) is 7.68. The zero-order valence-electron chi connectivity index (χ0n) is 42.6. The van der Waals surface area contributed by atoms with E-state index in [1.54, 1.807) is 6.20 Å². The maximum absolute atomic E-state index is 6.47. The minimum absolute atomic E-state index is 0.802. The summed E-state index contributed by atoms with van der Waals surface area (Å²) in [5, 5.41) is 0. The van der Waals surface area contributed by atoms with E-state index in [9.17, 15) is 0 Å². The van der Waals surface area contributed by atoms with Gasteiger partial charge in [-0.05, 0) is 156 Å². The third-order valence-electron chi connectivity index (χ3n) is 15.3. The molecule has 3 aliphatic rings. The Kier molecular flexibility index (Phi) is 10.9. The number of rotatable bonds is 9. The summed E-state index contributed by atoms with van der Waals surface area (Å²) in [4.78, 5) is 16.6. The smallest absolute Gasteiger partial charge is 0.151 e.